The van der Waals surface area contributed by atoms with Gasteiger partial charge in [-0.15, -0.1) is 0 Å². The lowest BCUT2D eigenvalue weighted by Crippen LogP contribution is -2.64. The van der Waals surface area contributed by atoms with E-state index in [4.69, 9.17) is 0 Å². The summed E-state index contributed by atoms with van der Waals surface area (Å²) in [7, 11) is 0. The molecule has 1 amide bonds. The van der Waals surface area contributed by atoms with Crippen LogP contribution in [-0.4, -0.2) is 10.8 Å². The van der Waals surface area contributed by atoms with Gasteiger partial charge in [0.2, 0.25) is 5.91 Å². The highest BCUT2D eigenvalue weighted by Crippen LogP contribution is 2.66. The van der Waals surface area contributed by atoms with E-state index in [1.54, 1.807) is 0 Å². The molecule has 2 bridgehead atoms. The van der Waals surface area contributed by atoms with Crippen LogP contribution in [0.15, 0.2) is 72.8 Å². The Labute approximate surface area is 142 Å². The Hall–Kier alpha value is -2.35. The number of hydrogen-bond acceptors (Lipinski definition) is 1. The van der Waals surface area contributed by atoms with Crippen LogP contribution in [0.1, 0.15) is 30.0 Å². The zero-order valence-corrected chi connectivity index (χ0v) is 13.6. The van der Waals surface area contributed by atoms with Crippen molar-refractivity contribution in [2.75, 3.05) is 0 Å². The van der Waals surface area contributed by atoms with E-state index >= 15 is 0 Å². The average Bonchev–Trinajstić information content (AvgIpc) is 3.25. The Balaban J connectivity index is 1.54. The Morgan fingerprint density at radius 2 is 1.67 bits per heavy atom. The lowest BCUT2D eigenvalue weighted by atomic mass is 9.60. The third-order valence-corrected chi connectivity index (χ3v) is 6.20. The molecule has 2 aromatic rings. The van der Waals surface area contributed by atoms with Gasteiger partial charge in [-0.25, -0.2) is 0 Å². The van der Waals surface area contributed by atoms with Crippen LogP contribution in [0.4, 0.5) is 0 Å². The van der Waals surface area contributed by atoms with Gasteiger partial charge >= 0.3 is 0 Å². The number of carbonyl (C=O) groups is 1. The molecule has 1 heterocycles. The predicted molar refractivity (Wildman–Crippen MR) is 94.0 cm³/mol. The largest absolute Gasteiger partial charge is 0.330 e. The molecule has 2 fully saturated rings. The fraction of sp³-hybridized carbons (Fsp3) is 0.318. The summed E-state index contributed by atoms with van der Waals surface area (Å²) >= 11 is 0. The third kappa shape index (κ3) is 1.80. The van der Waals surface area contributed by atoms with Crippen molar-refractivity contribution in [1.82, 2.24) is 4.90 Å². The Morgan fingerprint density at radius 1 is 0.958 bits per heavy atom. The molecule has 1 spiro atoms. The fourth-order valence-electron chi connectivity index (χ4n) is 5.22. The summed E-state index contributed by atoms with van der Waals surface area (Å²) in [6, 6.07) is 21.2. The van der Waals surface area contributed by atoms with E-state index in [9.17, 15) is 4.79 Å². The molecular formula is C22H21NO. The van der Waals surface area contributed by atoms with Crippen molar-refractivity contribution in [2.24, 2.45) is 17.3 Å². The SMILES string of the molecule is O=C1N(Cc2ccccc2)[C@@H](c2ccccc2)[C@]12C[C@@H]1C=C[C@H]2C1. The number of rotatable bonds is 3. The van der Waals surface area contributed by atoms with Gasteiger partial charge in [0, 0.05) is 6.54 Å². The highest BCUT2D eigenvalue weighted by Gasteiger charge is 2.67. The monoisotopic (exact) mass is 315 g/mol. The zero-order chi connectivity index (χ0) is 16.1. The van der Waals surface area contributed by atoms with E-state index in [-0.39, 0.29) is 11.5 Å². The first-order chi connectivity index (χ1) is 11.8. The number of allylic oxidation sites excluding steroid dienone is 2. The van der Waals surface area contributed by atoms with E-state index < -0.39 is 0 Å². The molecule has 120 valence electrons. The molecule has 2 aliphatic carbocycles. The van der Waals surface area contributed by atoms with Crippen LogP contribution in [-0.2, 0) is 11.3 Å². The Morgan fingerprint density at radius 3 is 2.29 bits per heavy atom. The minimum atomic E-state index is -0.185. The normalized spacial score (nSPS) is 33.2. The van der Waals surface area contributed by atoms with E-state index in [1.165, 1.54) is 11.1 Å². The van der Waals surface area contributed by atoms with Crippen LogP contribution in [0, 0.1) is 17.3 Å². The number of amides is 1. The Kier molecular flexibility index (Phi) is 2.97. The topological polar surface area (TPSA) is 20.3 Å². The number of β-lactam (4-membered cyclic amide) rings is 1. The fourth-order valence-corrected chi connectivity index (χ4v) is 5.22. The smallest absolute Gasteiger partial charge is 0.232 e. The van der Waals surface area contributed by atoms with Gasteiger partial charge in [-0.3, -0.25) is 4.79 Å². The third-order valence-electron chi connectivity index (χ3n) is 6.20. The van der Waals surface area contributed by atoms with Crippen molar-refractivity contribution in [3.8, 4) is 0 Å². The minimum absolute atomic E-state index is 0.185. The summed E-state index contributed by atoms with van der Waals surface area (Å²) < 4.78 is 0. The van der Waals surface area contributed by atoms with Gasteiger partial charge in [-0.2, -0.15) is 0 Å². The first-order valence-corrected chi connectivity index (χ1v) is 8.87. The predicted octanol–water partition coefficient (Wildman–Crippen LogP) is 4.35. The second-order valence-corrected chi connectivity index (χ2v) is 7.46. The van der Waals surface area contributed by atoms with Gasteiger partial charge in [0.15, 0.2) is 0 Å². The van der Waals surface area contributed by atoms with Crippen molar-refractivity contribution in [1.29, 1.82) is 0 Å². The van der Waals surface area contributed by atoms with E-state index in [2.05, 4.69) is 59.5 Å². The molecular weight excluding hydrogens is 294 g/mol. The number of nitrogens with zero attached hydrogens (tertiary/aromatic N) is 1. The van der Waals surface area contributed by atoms with Gasteiger partial charge < -0.3 is 4.90 Å². The van der Waals surface area contributed by atoms with Crippen molar-refractivity contribution >= 4 is 5.91 Å². The molecule has 0 N–H and O–H groups in total. The van der Waals surface area contributed by atoms with E-state index in [0.717, 1.165) is 12.8 Å². The van der Waals surface area contributed by atoms with Gasteiger partial charge in [-0.05, 0) is 35.8 Å². The summed E-state index contributed by atoms with van der Waals surface area (Å²) in [5, 5.41) is 0. The average molecular weight is 315 g/mol. The van der Waals surface area contributed by atoms with Crippen molar-refractivity contribution in [3.63, 3.8) is 0 Å². The molecule has 2 heteroatoms. The standard InChI is InChI=1S/C22H21NO/c24-21-22(14-17-11-12-19(22)13-17)20(18-9-5-2-6-10-18)23(21)15-16-7-3-1-4-8-16/h1-12,17,19-20H,13-15H2/t17-,19+,20+,22-/m1/s1. The molecule has 1 saturated heterocycles. The molecule has 0 radical (unpaired) electrons. The highest BCUT2D eigenvalue weighted by molar-refractivity contribution is 5.92. The van der Waals surface area contributed by atoms with E-state index in [1.807, 2.05) is 18.2 Å². The second-order valence-electron chi connectivity index (χ2n) is 7.46. The summed E-state index contributed by atoms with van der Waals surface area (Å²) in [4.78, 5) is 15.4. The molecule has 5 rings (SSSR count). The van der Waals surface area contributed by atoms with Crippen molar-refractivity contribution in [2.45, 2.75) is 25.4 Å². The molecule has 24 heavy (non-hydrogen) atoms. The first kappa shape index (κ1) is 14.0. The van der Waals surface area contributed by atoms with Gasteiger partial charge in [-0.1, -0.05) is 72.8 Å². The molecule has 4 atom stereocenters. The van der Waals surface area contributed by atoms with E-state index in [0.29, 0.717) is 24.3 Å². The Bertz CT molecular complexity index is 797. The number of carbonyl (C=O) groups excluding carboxylic acids is 1. The molecule has 0 unspecified atom stereocenters. The van der Waals surface area contributed by atoms with Gasteiger partial charge in [0.1, 0.15) is 0 Å². The molecule has 0 aromatic heterocycles. The summed E-state index contributed by atoms with van der Waals surface area (Å²) in [6.45, 7) is 0.710. The molecule has 3 aliphatic rings. The molecule has 2 aromatic carbocycles. The maximum atomic E-state index is 13.3. The first-order valence-electron chi connectivity index (χ1n) is 8.87. The zero-order valence-electron chi connectivity index (χ0n) is 13.6. The number of hydrogen-bond donors (Lipinski definition) is 0. The van der Waals surface area contributed by atoms with Crippen LogP contribution in [0.25, 0.3) is 0 Å². The quantitative estimate of drug-likeness (QED) is 0.609. The van der Waals surface area contributed by atoms with Crippen LogP contribution < -0.4 is 0 Å². The van der Waals surface area contributed by atoms with Crippen LogP contribution in [0.3, 0.4) is 0 Å². The summed E-state index contributed by atoms with van der Waals surface area (Å²) in [6.07, 6.45) is 6.82. The maximum Gasteiger partial charge on any atom is 0.232 e. The van der Waals surface area contributed by atoms with Crippen LogP contribution in [0.5, 0.6) is 0 Å². The highest BCUT2D eigenvalue weighted by atomic mass is 16.2. The van der Waals surface area contributed by atoms with Gasteiger partial charge in [0.25, 0.3) is 0 Å². The number of likely N-dealkylation sites (tertiary alicyclic amines) is 1. The van der Waals surface area contributed by atoms with Crippen molar-refractivity contribution < 1.29 is 4.79 Å². The minimum Gasteiger partial charge on any atom is -0.330 e. The lowest BCUT2D eigenvalue weighted by Gasteiger charge is -2.58. The maximum absolute atomic E-state index is 13.3. The van der Waals surface area contributed by atoms with Crippen molar-refractivity contribution in [3.05, 3.63) is 83.9 Å². The van der Waals surface area contributed by atoms with Gasteiger partial charge in [0.05, 0.1) is 11.5 Å². The second kappa shape index (κ2) is 5.07. The summed E-state index contributed by atoms with van der Waals surface area (Å²) in [5.41, 5.74) is 2.31. The molecule has 2 nitrogen and oxygen atoms in total. The number of benzene rings is 2. The van der Waals surface area contributed by atoms with Crippen LogP contribution in [0.2, 0.25) is 0 Å². The molecule has 1 saturated carbocycles. The van der Waals surface area contributed by atoms with Crippen LogP contribution >= 0.6 is 0 Å². The molecule has 1 aliphatic heterocycles. The number of fused-ring (bicyclic) bond motifs is 3. The lowest BCUT2D eigenvalue weighted by molar-refractivity contribution is -0.179. The summed E-state index contributed by atoms with van der Waals surface area (Å²) in [5.74, 6) is 1.38.